The van der Waals surface area contributed by atoms with Crippen LogP contribution in [0.25, 0.3) is 0 Å². The average Bonchev–Trinajstić information content (AvgIpc) is 3.37. The summed E-state index contributed by atoms with van der Waals surface area (Å²) in [6.45, 7) is 10.7. The minimum atomic E-state index is -2.65. The second kappa shape index (κ2) is 13.3. The van der Waals surface area contributed by atoms with Crippen molar-refractivity contribution in [3.63, 3.8) is 0 Å². The van der Waals surface area contributed by atoms with Crippen LogP contribution in [0.2, 0.25) is 5.04 Å². The first kappa shape index (κ1) is 33.3. The van der Waals surface area contributed by atoms with Crippen LogP contribution in [0.5, 0.6) is 11.5 Å². The molecule has 48 heavy (non-hydrogen) atoms. The molecule has 0 N–H and O–H groups in total. The van der Waals surface area contributed by atoms with Crippen LogP contribution in [-0.2, 0) is 31.7 Å². The quantitative estimate of drug-likeness (QED) is 0.0986. The summed E-state index contributed by atoms with van der Waals surface area (Å²) in [4.78, 5) is 12.8. The SMILES string of the molecule is C[C@H]1[C@H](CCO[Si](c2ccccc2)(c2ccccc2)C(C)(C)C)CO[C@]12C[C@@H]1OC(=O)Cc3cc(OCc4ccccc4)c(I)c(c31)O2. The number of esters is 1. The zero-order chi connectivity index (χ0) is 33.5. The molecule has 1 saturated heterocycles. The molecule has 1 spiro atoms. The summed E-state index contributed by atoms with van der Waals surface area (Å²) in [6, 6.07) is 33.6. The lowest BCUT2D eigenvalue weighted by atomic mass is 9.81. The fourth-order valence-corrected chi connectivity index (χ4v) is 13.1. The van der Waals surface area contributed by atoms with E-state index in [0.717, 1.165) is 32.4 Å². The van der Waals surface area contributed by atoms with Crippen molar-refractivity contribution >= 4 is 47.3 Å². The van der Waals surface area contributed by atoms with E-state index in [-0.39, 0.29) is 29.3 Å². The van der Waals surface area contributed by atoms with Crippen molar-refractivity contribution in [1.82, 2.24) is 0 Å². The van der Waals surface area contributed by atoms with Crippen LogP contribution in [0.3, 0.4) is 0 Å². The van der Waals surface area contributed by atoms with Crippen LogP contribution in [0, 0.1) is 15.4 Å². The van der Waals surface area contributed by atoms with E-state index in [1.165, 1.54) is 10.4 Å². The fourth-order valence-electron chi connectivity index (χ4n) is 7.85. The molecule has 3 heterocycles. The number of ether oxygens (including phenoxy) is 4. The highest BCUT2D eigenvalue weighted by atomic mass is 127. The monoisotopic (exact) mass is 774 g/mol. The van der Waals surface area contributed by atoms with Gasteiger partial charge in [0.1, 0.15) is 24.2 Å². The van der Waals surface area contributed by atoms with E-state index in [1.807, 2.05) is 36.4 Å². The van der Waals surface area contributed by atoms with Crippen molar-refractivity contribution < 1.29 is 28.2 Å². The van der Waals surface area contributed by atoms with Gasteiger partial charge in [-0.3, -0.25) is 4.79 Å². The molecule has 7 rings (SSSR count). The standard InChI is InChI=1S/C40H43IO6Si/c1-27-29(20-21-45-48(39(2,3)4,31-16-10-6-11-17-31)32-18-12-7-13-19-32)26-44-40(27)24-34-36-30(23-35(42)46-34)22-33(37(41)38(36)47-40)43-25-28-14-8-5-9-15-28/h5-19,22,27,29,34H,20-21,23-26H2,1-4H3/t27-,29+,34-,40-/m0/s1. The Bertz CT molecular complexity index is 1720. The van der Waals surface area contributed by atoms with E-state index in [0.29, 0.717) is 32.0 Å². The number of carbonyl (C=O) groups excluding carboxylic acids is 1. The molecule has 250 valence electrons. The number of halogens is 1. The number of hydrogen-bond acceptors (Lipinski definition) is 6. The zero-order valence-corrected chi connectivity index (χ0v) is 31.2. The molecule has 0 aromatic heterocycles. The van der Waals surface area contributed by atoms with E-state index < -0.39 is 20.2 Å². The molecule has 4 aromatic carbocycles. The predicted octanol–water partition coefficient (Wildman–Crippen LogP) is 7.74. The lowest BCUT2D eigenvalue weighted by Crippen LogP contribution is -2.66. The number of rotatable bonds is 9. The van der Waals surface area contributed by atoms with Gasteiger partial charge in [-0.2, -0.15) is 0 Å². The maximum Gasteiger partial charge on any atom is 0.310 e. The summed E-state index contributed by atoms with van der Waals surface area (Å²) in [5.41, 5.74) is 2.93. The molecule has 0 bridgehead atoms. The Hall–Kier alpha value is -3.18. The van der Waals surface area contributed by atoms with Gasteiger partial charge in [0.05, 0.1) is 23.0 Å². The van der Waals surface area contributed by atoms with Crippen molar-refractivity contribution in [2.75, 3.05) is 13.2 Å². The van der Waals surface area contributed by atoms with Gasteiger partial charge in [-0.1, -0.05) is 119 Å². The largest absolute Gasteiger partial charge is 0.488 e. The van der Waals surface area contributed by atoms with Crippen molar-refractivity contribution in [1.29, 1.82) is 0 Å². The highest BCUT2D eigenvalue weighted by molar-refractivity contribution is 14.1. The van der Waals surface area contributed by atoms with Crippen LogP contribution < -0.4 is 19.8 Å². The first-order valence-electron chi connectivity index (χ1n) is 16.9. The molecule has 6 nitrogen and oxygen atoms in total. The molecule has 0 amide bonds. The summed E-state index contributed by atoms with van der Waals surface area (Å²) < 4.78 is 34.0. The number of hydrogen-bond donors (Lipinski definition) is 0. The number of benzene rings is 4. The van der Waals surface area contributed by atoms with E-state index >= 15 is 0 Å². The van der Waals surface area contributed by atoms with Gasteiger partial charge in [-0.15, -0.1) is 0 Å². The topological polar surface area (TPSA) is 63.2 Å². The first-order valence-corrected chi connectivity index (χ1v) is 19.9. The van der Waals surface area contributed by atoms with Gasteiger partial charge < -0.3 is 23.4 Å². The molecular weight excluding hydrogens is 731 g/mol. The third-order valence-electron chi connectivity index (χ3n) is 10.4. The van der Waals surface area contributed by atoms with Crippen molar-refractivity contribution in [2.24, 2.45) is 11.8 Å². The lowest BCUT2D eigenvalue weighted by Gasteiger charge is -2.44. The Labute approximate surface area is 298 Å². The summed E-state index contributed by atoms with van der Waals surface area (Å²) >= 11 is 2.31. The van der Waals surface area contributed by atoms with Gasteiger partial charge in [0, 0.05) is 18.1 Å². The average molecular weight is 775 g/mol. The molecule has 8 heteroatoms. The van der Waals surface area contributed by atoms with Crippen LogP contribution in [0.1, 0.15) is 63.3 Å². The number of carbonyl (C=O) groups is 1. The summed E-state index contributed by atoms with van der Waals surface area (Å²) in [5, 5.41) is 2.46. The van der Waals surface area contributed by atoms with E-state index in [9.17, 15) is 4.79 Å². The van der Waals surface area contributed by atoms with Gasteiger partial charge in [0.2, 0.25) is 5.79 Å². The molecule has 3 aliphatic rings. The minimum absolute atomic E-state index is 0.0437. The summed E-state index contributed by atoms with van der Waals surface area (Å²) in [7, 11) is -2.65. The molecule has 4 aromatic rings. The summed E-state index contributed by atoms with van der Waals surface area (Å²) in [5.74, 6) is 0.537. The van der Waals surface area contributed by atoms with E-state index in [1.54, 1.807) is 0 Å². The highest BCUT2D eigenvalue weighted by Gasteiger charge is 2.56. The normalized spacial score (nSPS) is 23.4. The van der Waals surface area contributed by atoms with Crippen molar-refractivity contribution in [3.05, 3.63) is 117 Å². The second-order valence-electron chi connectivity index (χ2n) is 14.3. The molecular formula is C40H43IO6Si. The van der Waals surface area contributed by atoms with Gasteiger partial charge in [0.25, 0.3) is 8.32 Å². The maximum absolute atomic E-state index is 12.8. The van der Waals surface area contributed by atoms with E-state index in [2.05, 4.69) is 111 Å². The van der Waals surface area contributed by atoms with E-state index in [4.69, 9.17) is 23.4 Å². The minimum Gasteiger partial charge on any atom is -0.488 e. The summed E-state index contributed by atoms with van der Waals surface area (Å²) in [6.07, 6.45) is 1.08. The Morgan fingerprint density at radius 2 is 1.56 bits per heavy atom. The maximum atomic E-state index is 12.8. The van der Waals surface area contributed by atoms with Gasteiger partial charge in [0.15, 0.2) is 0 Å². The molecule has 1 fully saturated rings. The first-order chi connectivity index (χ1) is 23.1. The molecule has 4 atom stereocenters. The van der Waals surface area contributed by atoms with Gasteiger partial charge >= 0.3 is 5.97 Å². The second-order valence-corrected chi connectivity index (χ2v) is 19.7. The molecule has 0 aliphatic carbocycles. The van der Waals surface area contributed by atoms with Crippen LogP contribution in [-0.4, -0.2) is 33.3 Å². The van der Waals surface area contributed by atoms with Crippen LogP contribution in [0.15, 0.2) is 97.1 Å². The third-order valence-corrected chi connectivity index (χ3v) is 16.5. The van der Waals surface area contributed by atoms with Crippen molar-refractivity contribution in [3.8, 4) is 11.5 Å². The van der Waals surface area contributed by atoms with Gasteiger partial charge in [-0.25, -0.2) is 0 Å². The predicted molar refractivity (Wildman–Crippen MR) is 197 cm³/mol. The Morgan fingerprint density at radius 1 is 0.938 bits per heavy atom. The molecule has 0 unspecified atom stereocenters. The van der Waals surface area contributed by atoms with Crippen molar-refractivity contribution in [2.45, 2.75) is 70.5 Å². The van der Waals surface area contributed by atoms with Crippen LogP contribution in [0.4, 0.5) is 0 Å². The Balaban J connectivity index is 1.13. The Kier molecular flexibility index (Phi) is 9.21. The third kappa shape index (κ3) is 5.99. The molecule has 3 aliphatic heterocycles. The Morgan fingerprint density at radius 3 is 2.19 bits per heavy atom. The lowest BCUT2D eigenvalue weighted by molar-refractivity contribution is -0.209. The zero-order valence-electron chi connectivity index (χ0n) is 28.0. The highest BCUT2D eigenvalue weighted by Crippen LogP contribution is 2.55. The smallest absolute Gasteiger partial charge is 0.310 e. The molecule has 0 radical (unpaired) electrons. The molecule has 0 saturated carbocycles. The van der Waals surface area contributed by atoms with Gasteiger partial charge in [-0.05, 0) is 67.5 Å². The fraction of sp³-hybridized carbons (Fsp3) is 0.375. The van der Waals surface area contributed by atoms with Crippen LogP contribution >= 0.6 is 22.6 Å².